The fourth-order valence-corrected chi connectivity index (χ4v) is 6.16. The second kappa shape index (κ2) is 8.19. The molecule has 0 radical (unpaired) electrons. The van der Waals surface area contributed by atoms with Gasteiger partial charge in [-0.05, 0) is 65.9 Å². The molecule has 0 bridgehead atoms. The van der Waals surface area contributed by atoms with Crippen LogP contribution in [0.2, 0.25) is 0 Å². The van der Waals surface area contributed by atoms with Crippen LogP contribution in [0.1, 0.15) is 41.5 Å². The summed E-state index contributed by atoms with van der Waals surface area (Å²) in [7, 11) is 0. The van der Waals surface area contributed by atoms with Crippen molar-refractivity contribution in [2.45, 2.75) is 38.0 Å². The molecule has 0 saturated carbocycles. The lowest BCUT2D eigenvalue weighted by Gasteiger charge is -2.31. The minimum absolute atomic E-state index is 0.309. The Morgan fingerprint density at radius 2 is 1.96 bits per heavy atom. The number of fused-ring (bicyclic) bond motifs is 1. The summed E-state index contributed by atoms with van der Waals surface area (Å²) in [4.78, 5) is 20.7. The molecule has 1 saturated heterocycles. The first-order valence-corrected chi connectivity index (χ1v) is 11.5. The molecule has 1 aromatic carbocycles. The molecule has 0 spiro atoms. The van der Waals surface area contributed by atoms with E-state index in [2.05, 4.69) is 46.3 Å². The molecule has 0 unspecified atom stereocenters. The number of thiophene rings is 1. The van der Waals surface area contributed by atoms with Crippen molar-refractivity contribution in [2.24, 2.45) is 0 Å². The summed E-state index contributed by atoms with van der Waals surface area (Å²) >= 11 is 7.06. The highest BCUT2D eigenvalue weighted by atomic mass is 79.9. The van der Waals surface area contributed by atoms with Gasteiger partial charge >= 0.3 is 0 Å². The van der Waals surface area contributed by atoms with Gasteiger partial charge in [-0.1, -0.05) is 12.1 Å². The molecular formula is C20H21BrN2OS2. The van der Waals surface area contributed by atoms with Gasteiger partial charge in [-0.3, -0.25) is 4.79 Å². The first-order chi connectivity index (χ1) is 12.7. The zero-order valence-electron chi connectivity index (χ0n) is 14.5. The Balaban J connectivity index is 1.26. The number of piperidine rings is 1. The predicted molar refractivity (Wildman–Crippen MR) is 113 cm³/mol. The maximum Gasteiger partial charge on any atom is 0.222 e. The molecule has 3 nitrogen and oxygen atoms in total. The second-order valence-electron chi connectivity index (χ2n) is 6.73. The maximum atomic E-state index is 12.5. The van der Waals surface area contributed by atoms with Crippen LogP contribution >= 0.6 is 38.6 Å². The third-order valence-corrected chi connectivity index (χ3v) is 7.83. The molecular weight excluding hydrogens is 428 g/mol. The summed E-state index contributed by atoms with van der Waals surface area (Å²) in [5.74, 6) is 0.809. The molecule has 0 aliphatic carbocycles. The number of benzene rings is 1. The van der Waals surface area contributed by atoms with Gasteiger partial charge in [0.15, 0.2) is 0 Å². The van der Waals surface area contributed by atoms with Crippen molar-refractivity contribution < 1.29 is 4.79 Å². The lowest BCUT2D eigenvalue weighted by atomic mass is 9.97. The van der Waals surface area contributed by atoms with Crippen molar-refractivity contribution in [3.05, 3.63) is 50.1 Å². The van der Waals surface area contributed by atoms with Gasteiger partial charge in [0.25, 0.3) is 0 Å². The van der Waals surface area contributed by atoms with Gasteiger partial charge in [0.05, 0.1) is 19.0 Å². The number of rotatable bonds is 5. The van der Waals surface area contributed by atoms with Gasteiger partial charge in [0.1, 0.15) is 0 Å². The van der Waals surface area contributed by atoms with E-state index in [1.807, 2.05) is 22.3 Å². The van der Waals surface area contributed by atoms with Gasteiger partial charge in [-0.25, -0.2) is 4.98 Å². The molecule has 3 heterocycles. The highest BCUT2D eigenvalue weighted by Gasteiger charge is 2.25. The highest BCUT2D eigenvalue weighted by Crippen LogP contribution is 2.34. The molecule has 6 heteroatoms. The van der Waals surface area contributed by atoms with Crippen molar-refractivity contribution in [1.82, 2.24) is 9.88 Å². The summed E-state index contributed by atoms with van der Waals surface area (Å²) in [5, 5.41) is 1.24. The van der Waals surface area contributed by atoms with E-state index in [1.54, 1.807) is 11.3 Å². The van der Waals surface area contributed by atoms with Crippen LogP contribution in [-0.4, -0.2) is 28.9 Å². The first kappa shape index (κ1) is 18.1. The zero-order valence-corrected chi connectivity index (χ0v) is 17.7. The molecule has 3 aromatic rings. The fraction of sp³-hybridized carbons (Fsp3) is 0.400. The van der Waals surface area contributed by atoms with Gasteiger partial charge in [0.2, 0.25) is 5.91 Å². The van der Waals surface area contributed by atoms with E-state index in [1.165, 1.54) is 14.6 Å². The lowest BCUT2D eigenvalue weighted by molar-refractivity contribution is -0.132. The number of thiazole rings is 1. The Labute approximate surface area is 170 Å². The molecule has 136 valence electrons. The Hall–Kier alpha value is -1.24. The lowest BCUT2D eigenvalue weighted by Crippen LogP contribution is -2.37. The van der Waals surface area contributed by atoms with Crippen LogP contribution < -0.4 is 0 Å². The van der Waals surface area contributed by atoms with Crippen LogP contribution in [-0.2, 0) is 11.2 Å². The van der Waals surface area contributed by atoms with E-state index >= 15 is 0 Å². The third kappa shape index (κ3) is 4.18. The number of halogens is 1. The van der Waals surface area contributed by atoms with Crippen LogP contribution in [0.4, 0.5) is 0 Å². The second-order valence-corrected chi connectivity index (χ2v) is 10.3. The number of nitrogens with zero attached hydrogens (tertiary/aromatic N) is 2. The Kier molecular flexibility index (Phi) is 5.72. The Bertz CT molecular complexity index is 863. The van der Waals surface area contributed by atoms with Crippen LogP contribution in [0.25, 0.3) is 10.2 Å². The molecule has 1 fully saturated rings. The van der Waals surface area contributed by atoms with Gasteiger partial charge < -0.3 is 4.90 Å². The molecule has 26 heavy (non-hydrogen) atoms. The van der Waals surface area contributed by atoms with E-state index in [0.29, 0.717) is 18.2 Å². The van der Waals surface area contributed by atoms with Gasteiger partial charge in [-0.15, -0.1) is 22.7 Å². The smallest absolute Gasteiger partial charge is 0.222 e. The minimum Gasteiger partial charge on any atom is -0.343 e. The number of para-hydroxylation sites is 1. The summed E-state index contributed by atoms with van der Waals surface area (Å²) in [6, 6.07) is 12.6. The number of carbonyl (C=O) groups is 1. The summed E-state index contributed by atoms with van der Waals surface area (Å²) in [5.41, 5.74) is 1.10. The average molecular weight is 449 g/mol. The third-order valence-electron chi connectivity index (χ3n) is 4.95. The van der Waals surface area contributed by atoms with E-state index in [0.717, 1.165) is 48.1 Å². The number of carbonyl (C=O) groups excluding carboxylic acids is 1. The topological polar surface area (TPSA) is 33.2 Å². The first-order valence-electron chi connectivity index (χ1n) is 9.06. The maximum absolute atomic E-state index is 12.5. The Morgan fingerprint density at radius 1 is 1.15 bits per heavy atom. The van der Waals surface area contributed by atoms with Crippen molar-refractivity contribution in [3.8, 4) is 0 Å². The number of hydrogen-bond acceptors (Lipinski definition) is 4. The number of aromatic nitrogens is 1. The molecule has 1 aliphatic rings. The van der Waals surface area contributed by atoms with E-state index < -0.39 is 0 Å². The standard InChI is InChI=1S/C20H21BrN2OS2/c21-18-9-8-15(25-18)4-3-7-19(24)23-12-10-14(11-13-23)20-22-16-5-1-2-6-17(16)26-20/h1-2,5-6,8-9,14H,3-4,7,10-13H2. The normalized spacial score (nSPS) is 15.7. The predicted octanol–water partition coefficient (Wildman–Crippen LogP) is 5.85. The molecule has 1 amide bonds. The van der Waals surface area contributed by atoms with E-state index in [9.17, 15) is 4.79 Å². The van der Waals surface area contributed by atoms with Crippen LogP contribution in [0, 0.1) is 0 Å². The van der Waals surface area contributed by atoms with Crippen LogP contribution in [0.3, 0.4) is 0 Å². The van der Waals surface area contributed by atoms with E-state index in [4.69, 9.17) is 4.98 Å². The highest BCUT2D eigenvalue weighted by molar-refractivity contribution is 9.11. The van der Waals surface area contributed by atoms with Crippen LogP contribution in [0.5, 0.6) is 0 Å². The van der Waals surface area contributed by atoms with E-state index in [-0.39, 0.29) is 0 Å². The average Bonchev–Trinajstić information content (AvgIpc) is 3.27. The van der Waals surface area contributed by atoms with Crippen molar-refractivity contribution >= 4 is 54.7 Å². The number of amides is 1. The van der Waals surface area contributed by atoms with Gasteiger partial charge in [0, 0.05) is 30.3 Å². The minimum atomic E-state index is 0.309. The number of likely N-dealkylation sites (tertiary alicyclic amines) is 1. The Morgan fingerprint density at radius 3 is 2.69 bits per heavy atom. The van der Waals surface area contributed by atoms with Gasteiger partial charge in [-0.2, -0.15) is 0 Å². The summed E-state index contributed by atoms with van der Waals surface area (Å²) in [6.07, 6.45) is 4.64. The summed E-state index contributed by atoms with van der Waals surface area (Å²) < 4.78 is 2.43. The largest absolute Gasteiger partial charge is 0.343 e. The summed E-state index contributed by atoms with van der Waals surface area (Å²) in [6.45, 7) is 1.73. The quantitative estimate of drug-likeness (QED) is 0.490. The SMILES string of the molecule is O=C(CCCc1ccc(Br)s1)N1CCC(c2nc3ccccc3s2)CC1. The van der Waals surface area contributed by atoms with Crippen LogP contribution in [0.15, 0.2) is 40.2 Å². The molecule has 1 aliphatic heterocycles. The number of hydrogen-bond donors (Lipinski definition) is 0. The molecule has 0 atom stereocenters. The molecule has 2 aromatic heterocycles. The zero-order chi connectivity index (χ0) is 17.9. The van der Waals surface area contributed by atoms with Crippen molar-refractivity contribution in [3.63, 3.8) is 0 Å². The van der Waals surface area contributed by atoms with Crippen molar-refractivity contribution in [2.75, 3.05) is 13.1 Å². The number of aryl methyl sites for hydroxylation is 1. The molecule has 0 N–H and O–H groups in total. The van der Waals surface area contributed by atoms with Crippen molar-refractivity contribution in [1.29, 1.82) is 0 Å². The monoisotopic (exact) mass is 448 g/mol. The molecule has 4 rings (SSSR count). The fourth-order valence-electron chi connectivity index (χ4n) is 3.50.